The number of hydrogen-bond acceptors (Lipinski definition) is 3. The summed E-state index contributed by atoms with van der Waals surface area (Å²) in [7, 11) is 1.67. The number of amides is 1. The third kappa shape index (κ3) is 3.59. The van der Waals surface area contributed by atoms with E-state index in [9.17, 15) is 4.79 Å². The van der Waals surface area contributed by atoms with Gasteiger partial charge in [0.05, 0.1) is 12.1 Å². The fourth-order valence-corrected chi connectivity index (χ4v) is 3.54. The van der Waals surface area contributed by atoms with Gasteiger partial charge in [0.1, 0.15) is 0 Å². The second-order valence-electron chi connectivity index (χ2n) is 6.74. The Hall–Kier alpha value is -1.94. The minimum Gasteiger partial charge on any atom is -0.383 e. The van der Waals surface area contributed by atoms with Gasteiger partial charge < -0.3 is 9.64 Å². The number of benzene rings is 1. The number of rotatable bonds is 6. The van der Waals surface area contributed by atoms with Crippen molar-refractivity contribution in [2.45, 2.75) is 33.1 Å². The number of ether oxygens (including phenoxy) is 1. The molecule has 0 unspecified atom stereocenters. The molecule has 1 amide bonds. The lowest BCUT2D eigenvalue weighted by Crippen LogP contribution is -2.29. The first-order chi connectivity index (χ1) is 11.6. The van der Waals surface area contributed by atoms with E-state index < -0.39 is 0 Å². The molecule has 0 aliphatic carbocycles. The molecule has 1 aromatic heterocycles. The summed E-state index contributed by atoms with van der Waals surface area (Å²) in [6.45, 7) is 6.43. The fourth-order valence-electron chi connectivity index (χ4n) is 3.54. The summed E-state index contributed by atoms with van der Waals surface area (Å²) in [5.41, 5.74) is 4.76. The molecule has 128 valence electrons. The quantitative estimate of drug-likeness (QED) is 0.819. The summed E-state index contributed by atoms with van der Waals surface area (Å²) in [5.74, 6) is 0.593. The molecule has 4 heteroatoms. The number of pyridine rings is 1. The number of methoxy groups -OCH3 is 1. The molecule has 4 nitrogen and oxygen atoms in total. The van der Waals surface area contributed by atoms with Crippen LogP contribution in [0, 0.1) is 12.8 Å². The lowest BCUT2D eigenvalue weighted by molar-refractivity contribution is -0.128. The van der Waals surface area contributed by atoms with Crippen molar-refractivity contribution in [2.75, 3.05) is 26.8 Å². The Morgan fingerprint density at radius 3 is 2.92 bits per heavy atom. The lowest BCUT2D eigenvalue weighted by atomic mass is 9.99. The average molecular weight is 326 g/mol. The van der Waals surface area contributed by atoms with Gasteiger partial charge in [-0.3, -0.25) is 9.78 Å². The third-order valence-corrected chi connectivity index (χ3v) is 4.90. The first-order valence-corrected chi connectivity index (χ1v) is 8.76. The van der Waals surface area contributed by atoms with E-state index in [0.717, 1.165) is 30.6 Å². The number of likely N-dealkylation sites (tertiary alicyclic amines) is 1. The summed E-state index contributed by atoms with van der Waals surface area (Å²) in [6.07, 6.45) is 2.53. The van der Waals surface area contributed by atoms with Crippen LogP contribution in [0.5, 0.6) is 0 Å². The summed E-state index contributed by atoms with van der Waals surface area (Å²) >= 11 is 0. The smallest absolute Gasteiger partial charge is 0.223 e. The number of carbonyl (C=O) groups is 1. The van der Waals surface area contributed by atoms with Crippen molar-refractivity contribution in [1.82, 2.24) is 9.88 Å². The van der Waals surface area contributed by atoms with Crippen LogP contribution in [-0.4, -0.2) is 42.6 Å². The molecule has 0 radical (unpaired) electrons. The number of carbonyl (C=O) groups excluding carboxylic acids is 1. The molecule has 1 atom stereocenters. The first kappa shape index (κ1) is 16.9. The van der Waals surface area contributed by atoms with E-state index in [-0.39, 0.29) is 5.91 Å². The van der Waals surface area contributed by atoms with Gasteiger partial charge in [-0.15, -0.1) is 0 Å². The lowest BCUT2D eigenvalue weighted by Gasteiger charge is -2.16. The van der Waals surface area contributed by atoms with E-state index in [1.165, 1.54) is 16.5 Å². The van der Waals surface area contributed by atoms with E-state index in [4.69, 9.17) is 9.72 Å². The van der Waals surface area contributed by atoms with E-state index in [1.54, 1.807) is 7.11 Å². The average Bonchev–Trinajstić information content (AvgIpc) is 2.92. The molecule has 2 aromatic rings. The van der Waals surface area contributed by atoms with Crippen LogP contribution in [0.15, 0.2) is 24.3 Å². The molecule has 1 aliphatic rings. The predicted octanol–water partition coefficient (Wildman–Crippen LogP) is 3.14. The predicted molar refractivity (Wildman–Crippen MR) is 96.1 cm³/mol. The second kappa shape index (κ2) is 7.31. The van der Waals surface area contributed by atoms with Gasteiger partial charge in [-0.2, -0.15) is 0 Å². The first-order valence-electron chi connectivity index (χ1n) is 8.76. The van der Waals surface area contributed by atoms with E-state index >= 15 is 0 Å². The molecule has 1 aromatic carbocycles. The van der Waals surface area contributed by atoms with Crippen LogP contribution < -0.4 is 0 Å². The van der Waals surface area contributed by atoms with Gasteiger partial charge in [0, 0.05) is 37.7 Å². The summed E-state index contributed by atoms with van der Waals surface area (Å²) in [5, 5.41) is 1.24. The molecule has 1 aliphatic heterocycles. The Morgan fingerprint density at radius 2 is 2.17 bits per heavy atom. The number of aromatic nitrogens is 1. The number of fused-ring (bicyclic) bond motifs is 1. The zero-order valence-electron chi connectivity index (χ0n) is 14.8. The zero-order valence-corrected chi connectivity index (χ0v) is 14.8. The highest BCUT2D eigenvalue weighted by Crippen LogP contribution is 2.25. The van der Waals surface area contributed by atoms with Crippen LogP contribution in [0.25, 0.3) is 10.9 Å². The van der Waals surface area contributed by atoms with Crippen molar-refractivity contribution in [3.63, 3.8) is 0 Å². The Bertz CT molecular complexity index is 742. The standard InChI is InChI=1S/C20H26N2O2/c1-4-15-5-6-19-18(11-15)14(2)9-17(21-19)10-16-12-20(23)22(13-16)7-8-24-3/h5-6,9,11,16H,4,7-8,10,12-13H2,1-3H3/t16-/m0/s1. The molecular weight excluding hydrogens is 300 g/mol. The number of hydrogen-bond donors (Lipinski definition) is 0. The van der Waals surface area contributed by atoms with E-state index in [0.29, 0.717) is 25.5 Å². The van der Waals surface area contributed by atoms with Crippen molar-refractivity contribution in [1.29, 1.82) is 0 Å². The maximum Gasteiger partial charge on any atom is 0.223 e. The molecule has 3 rings (SSSR count). The molecule has 0 N–H and O–H groups in total. The van der Waals surface area contributed by atoms with Crippen LogP contribution in [0.4, 0.5) is 0 Å². The molecular formula is C20H26N2O2. The van der Waals surface area contributed by atoms with Crippen LogP contribution in [-0.2, 0) is 22.4 Å². The molecule has 1 saturated heterocycles. The molecule has 0 bridgehead atoms. The number of nitrogens with zero attached hydrogens (tertiary/aromatic N) is 2. The SMILES string of the molecule is CCc1ccc2nc(C[C@H]3CC(=O)N(CCOC)C3)cc(C)c2c1. The van der Waals surface area contributed by atoms with Crippen molar-refractivity contribution in [3.8, 4) is 0 Å². The fraction of sp³-hybridized carbons (Fsp3) is 0.500. The monoisotopic (exact) mass is 326 g/mol. The molecule has 2 heterocycles. The maximum atomic E-state index is 12.1. The van der Waals surface area contributed by atoms with Crippen molar-refractivity contribution >= 4 is 16.8 Å². The van der Waals surface area contributed by atoms with E-state index in [1.807, 2.05) is 4.90 Å². The van der Waals surface area contributed by atoms with Gasteiger partial charge >= 0.3 is 0 Å². The van der Waals surface area contributed by atoms with E-state index in [2.05, 4.69) is 38.1 Å². The van der Waals surface area contributed by atoms with Gasteiger partial charge in [-0.05, 0) is 55.0 Å². The van der Waals surface area contributed by atoms with Crippen LogP contribution in [0.1, 0.15) is 30.2 Å². The minimum absolute atomic E-state index is 0.238. The second-order valence-corrected chi connectivity index (χ2v) is 6.74. The van der Waals surface area contributed by atoms with Gasteiger partial charge in [-0.1, -0.05) is 13.0 Å². The minimum atomic E-state index is 0.238. The van der Waals surface area contributed by atoms with Crippen LogP contribution in [0.3, 0.4) is 0 Å². The zero-order chi connectivity index (χ0) is 17.1. The van der Waals surface area contributed by atoms with Gasteiger partial charge in [0.25, 0.3) is 0 Å². The number of aryl methyl sites for hydroxylation is 2. The van der Waals surface area contributed by atoms with Crippen molar-refractivity contribution < 1.29 is 9.53 Å². The van der Waals surface area contributed by atoms with Gasteiger partial charge in [0.15, 0.2) is 0 Å². The highest BCUT2D eigenvalue weighted by molar-refractivity contribution is 5.83. The summed E-state index contributed by atoms with van der Waals surface area (Å²) < 4.78 is 5.08. The van der Waals surface area contributed by atoms with Gasteiger partial charge in [-0.25, -0.2) is 0 Å². The normalized spacial score (nSPS) is 17.9. The Kier molecular flexibility index (Phi) is 5.14. The largest absolute Gasteiger partial charge is 0.383 e. The van der Waals surface area contributed by atoms with Crippen LogP contribution >= 0.6 is 0 Å². The summed E-state index contributed by atoms with van der Waals surface area (Å²) in [4.78, 5) is 18.8. The maximum absolute atomic E-state index is 12.1. The Balaban J connectivity index is 1.75. The Morgan fingerprint density at radius 1 is 1.33 bits per heavy atom. The molecule has 0 spiro atoms. The highest BCUT2D eigenvalue weighted by Gasteiger charge is 2.29. The molecule has 1 fully saturated rings. The topological polar surface area (TPSA) is 42.4 Å². The molecule has 0 saturated carbocycles. The molecule has 24 heavy (non-hydrogen) atoms. The highest BCUT2D eigenvalue weighted by atomic mass is 16.5. The van der Waals surface area contributed by atoms with Crippen molar-refractivity contribution in [2.24, 2.45) is 5.92 Å². The van der Waals surface area contributed by atoms with Crippen LogP contribution in [0.2, 0.25) is 0 Å². The Labute approximate surface area is 143 Å². The third-order valence-electron chi connectivity index (χ3n) is 4.90. The summed E-state index contributed by atoms with van der Waals surface area (Å²) in [6, 6.07) is 8.70. The van der Waals surface area contributed by atoms with Crippen molar-refractivity contribution in [3.05, 3.63) is 41.1 Å². The van der Waals surface area contributed by atoms with Gasteiger partial charge in [0.2, 0.25) is 5.91 Å².